The topological polar surface area (TPSA) is 194 Å². The first-order valence-corrected chi connectivity index (χ1v) is 9.29. The molecule has 168 valence electrons. The zero-order valence-electron chi connectivity index (χ0n) is 17.1. The number of hydrogen-bond acceptors (Lipinski definition) is 9. The van der Waals surface area contributed by atoms with Crippen LogP contribution >= 0.6 is 0 Å². The van der Waals surface area contributed by atoms with Gasteiger partial charge in [-0.3, -0.25) is 24.4 Å². The van der Waals surface area contributed by atoms with Gasteiger partial charge in [-0.05, 0) is 0 Å². The smallest absolute Gasteiger partial charge is 0.217 e. The van der Waals surface area contributed by atoms with Crippen LogP contribution in [0.5, 0.6) is 0 Å². The molecule has 12 nitrogen and oxygen atoms in total. The summed E-state index contributed by atoms with van der Waals surface area (Å²) < 4.78 is 0. The van der Waals surface area contributed by atoms with Crippen molar-refractivity contribution in [2.45, 2.75) is 57.6 Å². The fraction of sp³-hybridized carbons (Fsp3) is 0.611. The van der Waals surface area contributed by atoms with Crippen molar-refractivity contribution in [2.24, 2.45) is 0 Å². The van der Waals surface area contributed by atoms with Crippen LogP contribution in [-0.4, -0.2) is 85.6 Å². The minimum atomic E-state index is -1.42. The van der Waals surface area contributed by atoms with E-state index in [4.69, 9.17) is 0 Å². The van der Waals surface area contributed by atoms with Gasteiger partial charge in [-0.15, -0.1) is 0 Å². The number of hydrogen-bond donors (Lipinski definition) is 7. The van der Waals surface area contributed by atoms with Gasteiger partial charge in [-0.2, -0.15) is 0 Å². The third-order valence-electron chi connectivity index (χ3n) is 4.18. The van der Waals surface area contributed by atoms with Crippen LogP contribution in [0.3, 0.4) is 0 Å². The molecule has 0 bridgehead atoms. The Labute approximate surface area is 173 Å². The number of rotatable bonds is 11. The second-order valence-electron chi connectivity index (χ2n) is 6.87. The van der Waals surface area contributed by atoms with Crippen molar-refractivity contribution in [1.82, 2.24) is 25.9 Å². The molecule has 5 atom stereocenters. The van der Waals surface area contributed by atoms with Crippen LogP contribution in [0, 0.1) is 0 Å². The van der Waals surface area contributed by atoms with Crippen LogP contribution in [0.15, 0.2) is 12.4 Å². The molecular formula is C18H29N5O7. The van der Waals surface area contributed by atoms with E-state index < -0.39 is 48.8 Å². The lowest BCUT2D eigenvalue weighted by Crippen LogP contribution is -2.50. The molecule has 0 aliphatic carbocycles. The quantitative estimate of drug-likeness (QED) is 0.192. The van der Waals surface area contributed by atoms with Gasteiger partial charge in [0.05, 0.1) is 48.5 Å². The zero-order chi connectivity index (χ0) is 22.8. The molecule has 0 saturated carbocycles. The van der Waals surface area contributed by atoms with Gasteiger partial charge < -0.3 is 36.4 Å². The molecule has 1 heterocycles. The molecule has 1 rings (SSSR count). The molecule has 1 aromatic heterocycles. The molecule has 0 aromatic carbocycles. The van der Waals surface area contributed by atoms with Gasteiger partial charge >= 0.3 is 0 Å². The highest BCUT2D eigenvalue weighted by atomic mass is 16.3. The minimum Gasteiger partial charge on any atom is -0.394 e. The van der Waals surface area contributed by atoms with Crippen LogP contribution in [0.2, 0.25) is 0 Å². The Morgan fingerprint density at radius 1 is 0.933 bits per heavy atom. The molecule has 0 saturated heterocycles. The first-order chi connectivity index (χ1) is 14.0. The summed E-state index contributed by atoms with van der Waals surface area (Å²) in [4.78, 5) is 41.7. The Balaban J connectivity index is 2.87. The van der Waals surface area contributed by atoms with E-state index in [0.29, 0.717) is 5.69 Å². The number of carbonyl (C=O) groups excluding carboxylic acids is 3. The summed E-state index contributed by atoms with van der Waals surface area (Å²) in [5.74, 6) is -1.28. The highest BCUT2D eigenvalue weighted by molar-refractivity contribution is 5.74. The van der Waals surface area contributed by atoms with Crippen LogP contribution in [0.25, 0.3) is 0 Å². The first-order valence-electron chi connectivity index (χ1n) is 9.29. The van der Waals surface area contributed by atoms with Gasteiger partial charge in [0, 0.05) is 39.9 Å². The molecule has 1 aromatic rings. The number of aliphatic hydroxyl groups excluding tert-OH is 4. The summed E-state index contributed by atoms with van der Waals surface area (Å²) in [6.07, 6.45) is -1.34. The maximum absolute atomic E-state index is 11.4. The molecule has 0 aliphatic heterocycles. The molecule has 0 radical (unpaired) electrons. The molecule has 0 fully saturated rings. The summed E-state index contributed by atoms with van der Waals surface area (Å²) >= 11 is 0. The van der Waals surface area contributed by atoms with Gasteiger partial charge in [0.2, 0.25) is 17.7 Å². The fourth-order valence-electron chi connectivity index (χ4n) is 2.68. The van der Waals surface area contributed by atoms with Crippen molar-refractivity contribution in [3.8, 4) is 0 Å². The summed E-state index contributed by atoms with van der Waals surface area (Å²) in [5, 5.41) is 47.5. The predicted molar refractivity (Wildman–Crippen MR) is 104 cm³/mol. The second kappa shape index (κ2) is 12.1. The van der Waals surface area contributed by atoms with Gasteiger partial charge in [-0.1, -0.05) is 0 Å². The zero-order valence-corrected chi connectivity index (χ0v) is 17.1. The average molecular weight is 427 g/mol. The van der Waals surface area contributed by atoms with Gasteiger partial charge in [0.25, 0.3) is 0 Å². The highest BCUT2D eigenvalue weighted by Gasteiger charge is 2.30. The van der Waals surface area contributed by atoms with Gasteiger partial charge in [-0.25, -0.2) is 0 Å². The Hall–Kier alpha value is -2.67. The lowest BCUT2D eigenvalue weighted by molar-refractivity contribution is -0.122. The summed E-state index contributed by atoms with van der Waals surface area (Å²) in [5.41, 5.74) is 0.381. The average Bonchev–Trinajstić information content (AvgIpc) is 2.68. The van der Waals surface area contributed by atoms with Crippen molar-refractivity contribution in [1.29, 1.82) is 0 Å². The highest BCUT2D eigenvalue weighted by Crippen LogP contribution is 2.17. The number of amides is 3. The summed E-state index contributed by atoms with van der Waals surface area (Å²) in [6, 6.07) is -2.03. The van der Waals surface area contributed by atoms with E-state index in [1.54, 1.807) is 0 Å². The Morgan fingerprint density at radius 3 is 2.03 bits per heavy atom. The van der Waals surface area contributed by atoms with E-state index in [1.165, 1.54) is 33.2 Å². The number of nitrogens with one attached hydrogen (secondary N) is 3. The second-order valence-corrected chi connectivity index (χ2v) is 6.87. The van der Waals surface area contributed by atoms with Crippen molar-refractivity contribution in [3.05, 3.63) is 23.8 Å². The van der Waals surface area contributed by atoms with Crippen molar-refractivity contribution >= 4 is 17.7 Å². The summed E-state index contributed by atoms with van der Waals surface area (Å²) in [6.45, 7) is 3.09. The van der Waals surface area contributed by atoms with Crippen molar-refractivity contribution in [3.63, 3.8) is 0 Å². The fourth-order valence-corrected chi connectivity index (χ4v) is 2.68. The van der Waals surface area contributed by atoms with Gasteiger partial charge in [0.15, 0.2) is 0 Å². The van der Waals surface area contributed by atoms with Crippen LogP contribution < -0.4 is 16.0 Å². The van der Waals surface area contributed by atoms with Gasteiger partial charge in [0.1, 0.15) is 6.10 Å². The third kappa shape index (κ3) is 8.37. The standard InChI is InChI=1S/C18H29N5O7/c1-9(25)19-7-16(29)17(23-11(3)27)18(30)13-6-20-12(5-21-13)4-15(28)14(8-24)22-10(2)26/h5-6,14-18,24,28-30H,4,7-8H2,1-3H3,(H,19,25)(H,22,26)(H,23,27)/t14-,15-,16-,17-,18?/m0/s1. The first kappa shape index (κ1) is 25.4. The van der Waals surface area contributed by atoms with E-state index >= 15 is 0 Å². The number of aromatic nitrogens is 2. The van der Waals surface area contributed by atoms with Crippen LogP contribution in [0.1, 0.15) is 38.3 Å². The molecule has 3 amide bonds. The summed E-state index contributed by atoms with van der Waals surface area (Å²) in [7, 11) is 0. The lowest BCUT2D eigenvalue weighted by atomic mass is 10.0. The van der Waals surface area contributed by atoms with E-state index in [1.807, 2.05) is 0 Å². The minimum absolute atomic E-state index is 0.0187. The Bertz CT molecular complexity index is 715. The Morgan fingerprint density at radius 2 is 1.57 bits per heavy atom. The maximum atomic E-state index is 11.4. The monoisotopic (exact) mass is 427 g/mol. The van der Waals surface area contributed by atoms with Crippen molar-refractivity contribution < 1.29 is 34.8 Å². The number of carbonyl (C=O) groups is 3. The Kier molecular flexibility index (Phi) is 10.3. The van der Waals surface area contributed by atoms with E-state index in [-0.39, 0.29) is 24.6 Å². The SMILES string of the molecule is CC(=O)NC[C@H](O)[C@H](NC(C)=O)C(O)c1cnc(C[C@H](O)[C@H](CO)NC(C)=O)cn1. The molecule has 7 N–H and O–H groups in total. The van der Waals surface area contributed by atoms with E-state index in [0.717, 1.165) is 0 Å². The molecule has 30 heavy (non-hydrogen) atoms. The third-order valence-corrected chi connectivity index (χ3v) is 4.18. The normalized spacial score (nSPS) is 16.0. The molecule has 1 unspecified atom stereocenters. The van der Waals surface area contributed by atoms with Crippen molar-refractivity contribution in [2.75, 3.05) is 13.2 Å². The van der Waals surface area contributed by atoms with E-state index in [2.05, 4.69) is 25.9 Å². The molecule has 12 heteroatoms. The lowest BCUT2D eigenvalue weighted by Gasteiger charge is -2.28. The largest absolute Gasteiger partial charge is 0.394 e. The molecule has 0 spiro atoms. The van der Waals surface area contributed by atoms with E-state index in [9.17, 15) is 34.8 Å². The molecular weight excluding hydrogens is 398 g/mol. The number of aliphatic hydroxyl groups is 4. The van der Waals surface area contributed by atoms with Crippen LogP contribution in [0.4, 0.5) is 0 Å². The number of nitrogens with zero attached hydrogens (tertiary/aromatic N) is 2. The molecule has 0 aliphatic rings. The predicted octanol–water partition coefficient (Wildman–Crippen LogP) is -3.09. The van der Waals surface area contributed by atoms with Crippen LogP contribution in [-0.2, 0) is 20.8 Å². The maximum Gasteiger partial charge on any atom is 0.217 e.